The average Bonchev–Trinajstić information content (AvgIpc) is 3.95. The minimum absolute atomic E-state index is 0.0214. The Kier molecular flexibility index (Phi) is 13.2. The minimum Gasteiger partial charge on any atom is -0.454 e. The van der Waals surface area contributed by atoms with Gasteiger partial charge in [-0.1, -0.05) is 50.6 Å². The molecule has 2 aromatic rings. The van der Waals surface area contributed by atoms with Crippen LogP contribution >= 0.6 is 0 Å². The monoisotopic (exact) mass is 803 g/mol. The summed E-state index contributed by atoms with van der Waals surface area (Å²) >= 11 is 0. The van der Waals surface area contributed by atoms with Gasteiger partial charge < -0.3 is 51.4 Å². The van der Waals surface area contributed by atoms with Crippen molar-refractivity contribution >= 4 is 41.4 Å². The molecule has 7 N–H and O–H groups in total. The molecular formula is C41H53N7O10. The van der Waals surface area contributed by atoms with Crippen LogP contribution < -0.4 is 41.4 Å². The summed E-state index contributed by atoms with van der Waals surface area (Å²) in [7, 11) is 0. The van der Waals surface area contributed by atoms with E-state index in [1.165, 1.54) is 24.8 Å². The standard InChI is InChI=1S/C41H53N7O10/c1-21(2)15-29-38(53)47-34(23(4)49)40(55)46-30(16-24-9-6-5-7-10-24)41(56)48-19-26(43-36(51)25-13-14-32-33(17-25)58-20-57-32)18-31(48)39(54)42-22(3)35(50)44-28-12-8-11-27(28)37(52)45-29/h5-7,9-10,13-14,17,21-23,26-31,34,49H,8,11-12,15-16,18-20H2,1-4H3,(H,42,54)(H,43,51)(H,44,50)(H,45,52)(H,46,55)(H,47,53)/t22-,23+,26+,27+,28+,29-,30-,31?,34-/m0/s1. The number of benzene rings is 2. The number of ether oxygens (including phenoxy) is 2. The third-order valence-corrected chi connectivity index (χ3v) is 11.1. The number of aliphatic hydroxyl groups excluding tert-OH is 1. The van der Waals surface area contributed by atoms with Gasteiger partial charge in [0.15, 0.2) is 11.5 Å². The lowest BCUT2D eigenvalue weighted by Crippen LogP contribution is -2.61. The molecular weight excluding hydrogens is 750 g/mol. The Bertz CT molecular complexity index is 1890. The zero-order chi connectivity index (χ0) is 41.7. The lowest BCUT2D eigenvalue weighted by Gasteiger charge is -2.31. The van der Waals surface area contributed by atoms with Crippen molar-refractivity contribution in [2.24, 2.45) is 11.8 Å². The summed E-state index contributed by atoms with van der Waals surface area (Å²) in [6.45, 7) is 6.47. The molecule has 1 saturated carbocycles. The molecule has 6 rings (SSSR count). The Labute approximate surface area is 336 Å². The molecule has 3 fully saturated rings. The number of fused-ring (bicyclic) bond motifs is 3. The van der Waals surface area contributed by atoms with Gasteiger partial charge in [0.05, 0.1) is 12.0 Å². The van der Waals surface area contributed by atoms with Crippen LogP contribution in [0.25, 0.3) is 0 Å². The molecule has 0 radical (unpaired) electrons. The van der Waals surface area contributed by atoms with Crippen molar-refractivity contribution in [2.75, 3.05) is 13.3 Å². The van der Waals surface area contributed by atoms with E-state index in [4.69, 9.17) is 9.47 Å². The molecule has 17 nitrogen and oxygen atoms in total. The molecule has 2 saturated heterocycles. The highest BCUT2D eigenvalue weighted by Gasteiger charge is 2.45. The molecule has 7 amide bonds. The van der Waals surface area contributed by atoms with E-state index in [9.17, 15) is 38.7 Å². The fourth-order valence-corrected chi connectivity index (χ4v) is 8.02. The van der Waals surface area contributed by atoms with Crippen molar-refractivity contribution in [1.29, 1.82) is 0 Å². The van der Waals surface area contributed by atoms with Crippen molar-refractivity contribution in [3.05, 3.63) is 59.7 Å². The smallest absolute Gasteiger partial charge is 0.251 e. The van der Waals surface area contributed by atoms with Crippen molar-refractivity contribution in [1.82, 2.24) is 36.8 Å². The second-order valence-corrected chi connectivity index (χ2v) is 16.0. The predicted octanol–water partition coefficient (Wildman–Crippen LogP) is 0.0418. The molecule has 0 bridgehead atoms. The second-order valence-electron chi connectivity index (χ2n) is 16.0. The van der Waals surface area contributed by atoms with Crippen LogP contribution in [0.5, 0.6) is 11.5 Å². The maximum absolute atomic E-state index is 14.7. The lowest BCUT2D eigenvalue weighted by molar-refractivity contribution is -0.143. The first kappa shape index (κ1) is 41.9. The highest BCUT2D eigenvalue weighted by molar-refractivity contribution is 5.98. The zero-order valence-corrected chi connectivity index (χ0v) is 33.1. The van der Waals surface area contributed by atoms with Crippen LogP contribution in [0.1, 0.15) is 75.7 Å². The molecule has 3 aliphatic heterocycles. The van der Waals surface area contributed by atoms with Gasteiger partial charge in [0.25, 0.3) is 5.91 Å². The van der Waals surface area contributed by atoms with E-state index < -0.39 is 95.7 Å². The van der Waals surface area contributed by atoms with Crippen LogP contribution in [0.3, 0.4) is 0 Å². The van der Waals surface area contributed by atoms with Crippen LogP contribution in [0.15, 0.2) is 48.5 Å². The molecule has 9 atom stereocenters. The Hall–Kier alpha value is -5.71. The van der Waals surface area contributed by atoms with Gasteiger partial charge in [0.2, 0.25) is 42.2 Å². The van der Waals surface area contributed by atoms with Crippen molar-refractivity contribution in [2.45, 2.75) is 115 Å². The third-order valence-electron chi connectivity index (χ3n) is 11.1. The fourth-order valence-electron chi connectivity index (χ4n) is 8.02. The van der Waals surface area contributed by atoms with Gasteiger partial charge in [0, 0.05) is 30.6 Å². The number of nitrogens with one attached hydrogen (secondary N) is 6. The van der Waals surface area contributed by atoms with E-state index in [-0.39, 0.29) is 44.1 Å². The van der Waals surface area contributed by atoms with Gasteiger partial charge in [-0.3, -0.25) is 33.6 Å². The molecule has 17 heteroatoms. The molecule has 0 spiro atoms. The van der Waals surface area contributed by atoms with Crippen LogP contribution in [0.2, 0.25) is 0 Å². The molecule has 4 aliphatic rings. The molecule has 1 aliphatic carbocycles. The number of hydrogen-bond acceptors (Lipinski definition) is 10. The number of amides is 7. The Balaban J connectivity index is 1.33. The van der Waals surface area contributed by atoms with Crippen LogP contribution in [-0.2, 0) is 35.2 Å². The van der Waals surface area contributed by atoms with Crippen LogP contribution in [-0.4, -0.2) is 113 Å². The normalized spacial score (nSPS) is 28.8. The quantitative estimate of drug-likeness (QED) is 0.199. The van der Waals surface area contributed by atoms with E-state index in [0.717, 1.165) is 0 Å². The van der Waals surface area contributed by atoms with E-state index in [2.05, 4.69) is 31.9 Å². The molecule has 2 aromatic carbocycles. The van der Waals surface area contributed by atoms with Gasteiger partial charge in [-0.15, -0.1) is 0 Å². The molecule has 58 heavy (non-hydrogen) atoms. The predicted molar refractivity (Wildman–Crippen MR) is 208 cm³/mol. The summed E-state index contributed by atoms with van der Waals surface area (Å²) in [5.74, 6) is -4.18. The van der Waals surface area contributed by atoms with E-state index in [0.29, 0.717) is 36.3 Å². The summed E-state index contributed by atoms with van der Waals surface area (Å²) < 4.78 is 10.8. The number of carbonyl (C=O) groups is 7. The maximum Gasteiger partial charge on any atom is 0.251 e. The SMILES string of the molecule is CC(C)C[C@@H]1NC(=O)[C@@H]2CCC[C@H]2NC(=O)[C@H](C)NC(=O)C2C[C@@H](NC(=O)c3ccc4c(c3)OCO4)CN2C(=O)[C@H](Cc2ccccc2)NC(=O)[C@H]([C@@H](C)O)NC1=O. The lowest BCUT2D eigenvalue weighted by atomic mass is 9.98. The van der Waals surface area contributed by atoms with Gasteiger partial charge in [-0.2, -0.15) is 0 Å². The summed E-state index contributed by atoms with van der Waals surface area (Å²) in [5.41, 5.74) is 0.934. The average molecular weight is 804 g/mol. The van der Waals surface area contributed by atoms with Gasteiger partial charge >= 0.3 is 0 Å². The highest BCUT2D eigenvalue weighted by Crippen LogP contribution is 2.33. The first-order valence-corrected chi connectivity index (χ1v) is 19.9. The number of hydrogen-bond donors (Lipinski definition) is 7. The third kappa shape index (κ3) is 9.86. The number of carbonyl (C=O) groups excluding carboxylic acids is 7. The molecule has 3 heterocycles. The van der Waals surface area contributed by atoms with Crippen LogP contribution in [0.4, 0.5) is 0 Å². The van der Waals surface area contributed by atoms with Gasteiger partial charge in [-0.25, -0.2) is 0 Å². The first-order chi connectivity index (χ1) is 27.7. The van der Waals surface area contributed by atoms with E-state index >= 15 is 0 Å². The largest absolute Gasteiger partial charge is 0.454 e. The molecule has 1 unspecified atom stereocenters. The Morgan fingerprint density at radius 3 is 2.28 bits per heavy atom. The number of rotatable bonds is 7. The van der Waals surface area contributed by atoms with Crippen molar-refractivity contribution < 1.29 is 48.1 Å². The summed E-state index contributed by atoms with van der Waals surface area (Å²) in [5, 5.41) is 27.5. The number of aliphatic hydroxyl groups is 1. The Morgan fingerprint density at radius 1 is 0.828 bits per heavy atom. The first-order valence-electron chi connectivity index (χ1n) is 19.9. The number of nitrogens with zero attached hydrogens (tertiary/aromatic N) is 1. The topological polar surface area (TPSA) is 234 Å². The minimum atomic E-state index is -1.53. The summed E-state index contributed by atoms with van der Waals surface area (Å²) in [4.78, 5) is 98.7. The van der Waals surface area contributed by atoms with Gasteiger partial charge in [0.1, 0.15) is 30.2 Å². The second kappa shape index (κ2) is 18.3. The van der Waals surface area contributed by atoms with E-state index in [1.807, 2.05) is 13.8 Å². The van der Waals surface area contributed by atoms with Crippen molar-refractivity contribution in [3.8, 4) is 11.5 Å². The Morgan fingerprint density at radius 2 is 1.55 bits per heavy atom. The summed E-state index contributed by atoms with van der Waals surface area (Å²) in [6.07, 6.45) is 0.329. The van der Waals surface area contributed by atoms with Crippen molar-refractivity contribution in [3.63, 3.8) is 0 Å². The van der Waals surface area contributed by atoms with Crippen LogP contribution in [0, 0.1) is 11.8 Å². The van der Waals surface area contributed by atoms with E-state index in [1.54, 1.807) is 42.5 Å². The highest BCUT2D eigenvalue weighted by atomic mass is 16.7. The fraction of sp³-hybridized carbons (Fsp3) is 0.537. The van der Waals surface area contributed by atoms with Gasteiger partial charge in [-0.05, 0) is 69.2 Å². The summed E-state index contributed by atoms with van der Waals surface area (Å²) in [6, 6.07) is 6.08. The molecule has 312 valence electrons. The maximum atomic E-state index is 14.7. The molecule has 0 aromatic heterocycles. The zero-order valence-electron chi connectivity index (χ0n) is 33.1.